The first-order valence-corrected chi connectivity index (χ1v) is 13.9. The van der Waals surface area contributed by atoms with E-state index in [0.717, 1.165) is 47.0 Å². The molecule has 1 aliphatic carbocycles. The molecule has 1 amide bonds. The second kappa shape index (κ2) is 11.5. The molecule has 0 saturated heterocycles. The van der Waals surface area contributed by atoms with Crippen molar-refractivity contribution in [3.8, 4) is 11.3 Å². The van der Waals surface area contributed by atoms with Gasteiger partial charge in [0.1, 0.15) is 5.00 Å². The lowest BCUT2D eigenvalue weighted by Crippen LogP contribution is -2.18. The average Bonchev–Trinajstić information content (AvgIpc) is 3.20. The summed E-state index contributed by atoms with van der Waals surface area (Å²) in [6, 6.07) is 9.72. The third-order valence-electron chi connectivity index (χ3n) is 5.78. The highest BCUT2D eigenvalue weighted by Gasteiger charge is 2.29. The van der Waals surface area contributed by atoms with Crippen molar-refractivity contribution < 1.29 is 14.3 Å². The Kier molecular flexibility index (Phi) is 8.39. The SMILES string of the molecule is CCOC(=O)c1c(NC(=O)CSc2nccc(-c3ccc(Br)cc3)n2)sc2c1CCC(CC)C2. The molecule has 1 aromatic carbocycles. The topological polar surface area (TPSA) is 81.2 Å². The molecular weight excluding hydrogens is 534 g/mol. The van der Waals surface area contributed by atoms with Gasteiger partial charge < -0.3 is 10.1 Å². The second-order valence-corrected chi connectivity index (χ2v) is 11.0. The third-order valence-corrected chi connectivity index (χ3v) is 8.34. The maximum Gasteiger partial charge on any atom is 0.341 e. The number of thioether (sulfide) groups is 1. The molecule has 0 radical (unpaired) electrons. The number of nitrogens with one attached hydrogen (secondary N) is 1. The van der Waals surface area contributed by atoms with Gasteiger partial charge in [0.25, 0.3) is 0 Å². The van der Waals surface area contributed by atoms with Crippen LogP contribution in [0.25, 0.3) is 11.3 Å². The normalized spacial score (nSPS) is 15.0. The standard InChI is InChI=1S/C25H26BrN3O3S2/c1-3-15-5-10-18-20(13-15)34-23(22(18)24(31)32-4-2)29-21(30)14-33-25-27-12-11-19(28-25)16-6-8-17(26)9-7-16/h6-9,11-12,15H,3-5,10,13-14H2,1-2H3,(H,29,30). The number of carbonyl (C=O) groups excluding carboxylic acids is 2. The largest absolute Gasteiger partial charge is 0.462 e. The number of anilines is 1. The number of aromatic nitrogens is 2. The predicted octanol–water partition coefficient (Wildman–Crippen LogP) is 6.39. The summed E-state index contributed by atoms with van der Waals surface area (Å²) in [4.78, 5) is 35.6. The minimum Gasteiger partial charge on any atom is -0.462 e. The molecule has 0 saturated carbocycles. The molecule has 2 aromatic heterocycles. The van der Waals surface area contributed by atoms with Gasteiger partial charge in [-0.15, -0.1) is 11.3 Å². The van der Waals surface area contributed by atoms with Gasteiger partial charge in [-0.3, -0.25) is 4.79 Å². The van der Waals surface area contributed by atoms with Gasteiger partial charge in [-0.05, 0) is 55.9 Å². The van der Waals surface area contributed by atoms with Gasteiger partial charge in [0, 0.05) is 21.1 Å². The number of esters is 1. The van der Waals surface area contributed by atoms with Gasteiger partial charge in [-0.1, -0.05) is 53.2 Å². The molecule has 34 heavy (non-hydrogen) atoms. The summed E-state index contributed by atoms with van der Waals surface area (Å²) in [6.07, 6.45) is 5.66. The zero-order valence-electron chi connectivity index (χ0n) is 19.1. The third kappa shape index (κ3) is 5.87. The van der Waals surface area contributed by atoms with Crippen LogP contribution in [0.1, 0.15) is 47.5 Å². The van der Waals surface area contributed by atoms with Gasteiger partial charge in [-0.2, -0.15) is 0 Å². The Labute approximate surface area is 216 Å². The van der Waals surface area contributed by atoms with Gasteiger partial charge >= 0.3 is 5.97 Å². The molecule has 4 rings (SSSR count). The molecule has 1 atom stereocenters. The summed E-state index contributed by atoms with van der Waals surface area (Å²) in [5.41, 5.74) is 3.35. The lowest BCUT2D eigenvalue weighted by molar-refractivity contribution is -0.113. The van der Waals surface area contributed by atoms with Crippen LogP contribution in [0, 0.1) is 5.92 Å². The summed E-state index contributed by atoms with van der Waals surface area (Å²) < 4.78 is 6.31. The van der Waals surface area contributed by atoms with Crippen LogP contribution >= 0.6 is 39.0 Å². The highest BCUT2D eigenvalue weighted by molar-refractivity contribution is 9.10. The molecular formula is C25H26BrN3O3S2. The van der Waals surface area contributed by atoms with E-state index in [-0.39, 0.29) is 17.6 Å². The number of hydrogen-bond acceptors (Lipinski definition) is 7. The predicted molar refractivity (Wildman–Crippen MR) is 141 cm³/mol. The molecule has 9 heteroatoms. The number of thiophene rings is 1. The van der Waals surface area contributed by atoms with Crippen molar-refractivity contribution in [2.45, 2.75) is 44.7 Å². The molecule has 3 aromatic rings. The van der Waals surface area contributed by atoms with Crippen molar-refractivity contribution in [3.05, 3.63) is 57.0 Å². The van der Waals surface area contributed by atoms with Gasteiger partial charge in [-0.25, -0.2) is 14.8 Å². The summed E-state index contributed by atoms with van der Waals surface area (Å²) in [5, 5.41) is 4.08. The summed E-state index contributed by atoms with van der Waals surface area (Å²) in [7, 11) is 0. The Bertz CT molecular complexity index is 1180. The van der Waals surface area contributed by atoms with E-state index >= 15 is 0 Å². The fourth-order valence-corrected chi connectivity index (χ4v) is 6.26. The molecule has 0 aliphatic heterocycles. The summed E-state index contributed by atoms with van der Waals surface area (Å²) in [5.74, 6) is 0.212. The van der Waals surface area contributed by atoms with Gasteiger partial charge in [0.2, 0.25) is 5.91 Å². The van der Waals surface area contributed by atoms with Crippen molar-refractivity contribution in [1.82, 2.24) is 9.97 Å². The van der Waals surface area contributed by atoms with Crippen LogP contribution in [0.15, 0.2) is 46.2 Å². The fraction of sp³-hybridized carbons (Fsp3) is 0.360. The van der Waals surface area contributed by atoms with E-state index < -0.39 is 0 Å². The van der Waals surface area contributed by atoms with E-state index in [1.54, 1.807) is 13.1 Å². The maximum atomic E-state index is 12.8. The Morgan fingerprint density at radius 2 is 2.03 bits per heavy atom. The average molecular weight is 561 g/mol. The molecule has 0 fully saturated rings. The molecule has 0 spiro atoms. The van der Waals surface area contributed by atoms with Crippen LogP contribution in [0.5, 0.6) is 0 Å². The van der Waals surface area contributed by atoms with Crippen molar-refractivity contribution in [3.63, 3.8) is 0 Å². The molecule has 1 N–H and O–H groups in total. The van der Waals surface area contributed by atoms with E-state index in [1.807, 2.05) is 30.3 Å². The van der Waals surface area contributed by atoms with Crippen molar-refractivity contribution in [1.29, 1.82) is 0 Å². The first kappa shape index (κ1) is 24.9. The van der Waals surface area contributed by atoms with Crippen molar-refractivity contribution >= 4 is 55.9 Å². The van der Waals surface area contributed by atoms with Gasteiger partial charge in [0.15, 0.2) is 5.16 Å². The Hall–Kier alpha value is -2.23. The number of hydrogen-bond donors (Lipinski definition) is 1. The van der Waals surface area contributed by atoms with Crippen LogP contribution in [0.3, 0.4) is 0 Å². The number of amides is 1. The van der Waals surface area contributed by atoms with Crippen LogP contribution in [-0.4, -0.2) is 34.2 Å². The molecule has 178 valence electrons. The molecule has 1 aliphatic rings. The quantitative estimate of drug-likeness (QED) is 0.195. The number of halogens is 1. The number of nitrogens with zero attached hydrogens (tertiary/aromatic N) is 2. The van der Waals surface area contributed by atoms with E-state index in [2.05, 4.69) is 38.1 Å². The van der Waals surface area contributed by atoms with Gasteiger partial charge in [0.05, 0.1) is 23.6 Å². The summed E-state index contributed by atoms with van der Waals surface area (Å²) >= 11 is 6.22. The molecule has 2 heterocycles. The Balaban J connectivity index is 1.46. The van der Waals surface area contributed by atoms with E-state index in [0.29, 0.717) is 28.2 Å². The Morgan fingerprint density at radius 3 is 2.76 bits per heavy atom. The van der Waals surface area contributed by atoms with E-state index in [9.17, 15) is 9.59 Å². The maximum absolute atomic E-state index is 12.8. The Morgan fingerprint density at radius 1 is 1.24 bits per heavy atom. The molecule has 6 nitrogen and oxygen atoms in total. The number of ether oxygens (including phenoxy) is 1. The molecule has 1 unspecified atom stereocenters. The van der Waals surface area contributed by atoms with Crippen LogP contribution in [-0.2, 0) is 22.4 Å². The lowest BCUT2D eigenvalue weighted by atomic mass is 9.85. The number of rotatable bonds is 8. The molecule has 0 bridgehead atoms. The number of carbonyl (C=O) groups is 2. The number of benzene rings is 1. The van der Waals surface area contributed by atoms with E-state index in [4.69, 9.17) is 4.74 Å². The van der Waals surface area contributed by atoms with E-state index in [1.165, 1.54) is 28.0 Å². The monoisotopic (exact) mass is 559 g/mol. The highest BCUT2D eigenvalue weighted by Crippen LogP contribution is 2.41. The van der Waals surface area contributed by atoms with Crippen LogP contribution in [0.2, 0.25) is 0 Å². The van der Waals surface area contributed by atoms with Crippen molar-refractivity contribution in [2.75, 3.05) is 17.7 Å². The van der Waals surface area contributed by atoms with Crippen LogP contribution < -0.4 is 5.32 Å². The first-order chi connectivity index (χ1) is 16.5. The summed E-state index contributed by atoms with van der Waals surface area (Å²) in [6.45, 7) is 4.29. The highest BCUT2D eigenvalue weighted by atomic mass is 79.9. The zero-order valence-corrected chi connectivity index (χ0v) is 22.3. The lowest BCUT2D eigenvalue weighted by Gasteiger charge is -2.20. The number of fused-ring (bicyclic) bond motifs is 1. The fourth-order valence-electron chi connectivity index (χ4n) is 3.99. The minimum absolute atomic E-state index is 0.145. The second-order valence-electron chi connectivity index (χ2n) is 8.01. The minimum atomic E-state index is -0.358. The van der Waals surface area contributed by atoms with Crippen molar-refractivity contribution in [2.24, 2.45) is 5.92 Å². The zero-order chi connectivity index (χ0) is 24.1. The first-order valence-electron chi connectivity index (χ1n) is 11.3. The smallest absolute Gasteiger partial charge is 0.341 e. The van der Waals surface area contributed by atoms with Crippen LogP contribution in [0.4, 0.5) is 5.00 Å².